The van der Waals surface area contributed by atoms with E-state index in [-0.39, 0.29) is 11.9 Å². The number of carbonyl (C=O) groups is 1. The molecule has 136 valence electrons. The van der Waals surface area contributed by atoms with E-state index in [0.717, 1.165) is 30.8 Å². The van der Waals surface area contributed by atoms with Gasteiger partial charge in [-0.2, -0.15) is 0 Å². The number of hydrogen-bond donors (Lipinski definition) is 0. The highest BCUT2D eigenvalue weighted by Crippen LogP contribution is 2.33. The molecule has 1 aliphatic rings. The van der Waals surface area contributed by atoms with E-state index in [1.807, 2.05) is 42.5 Å². The van der Waals surface area contributed by atoms with E-state index in [1.165, 1.54) is 5.56 Å². The highest BCUT2D eigenvalue weighted by Gasteiger charge is 2.29. The van der Waals surface area contributed by atoms with Crippen LogP contribution in [0.2, 0.25) is 0 Å². The highest BCUT2D eigenvalue weighted by molar-refractivity contribution is 5.95. The zero-order valence-corrected chi connectivity index (χ0v) is 15.3. The molecule has 4 heteroatoms. The van der Waals surface area contributed by atoms with Crippen LogP contribution in [0.3, 0.4) is 0 Å². The molecule has 1 saturated heterocycles. The summed E-state index contributed by atoms with van der Waals surface area (Å²) < 4.78 is 5.35. The van der Waals surface area contributed by atoms with Gasteiger partial charge in [-0.05, 0) is 49.2 Å². The van der Waals surface area contributed by atoms with Gasteiger partial charge in [0, 0.05) is 18.3 Å². The van der Waals surface area contributed by atoms with Gasteiger partial charge in [-0.3, -0.25) is 9.69 Å². The summed E-state index contributed by atoms with van der Waals surface area (Å²) in [4.78, 5) is 17.1. The molecule has 0 saturated carbocycles. The predicted octanol–water partition coefficient (Wildman–Crippen LogP) is 4.05. The van der Waals surface area contributed by atoms with Crippen molar-refractivity contribution < 1.29 is 9.53 Å². The Morgan fingerprint density at radius 1 is 1.27 bits per heavy atom. The first kappa shape index (κ1) is 18.2. The third kappa shape index (κ3) is 4.14. The molecule has 0 aliphatic carbocycles. The van der Waals surface area contributed by atoms with E-state index in [2.05, 4.69) is 23.6 Å². The SMILES string of the molecule is C=CCN(C(=O)CN1CCCC1c1cccc(OC)c1)c1ccccc1. The molecule has 2 aromatic carbocycles. The number of nitrogens with zero attached hydrogens (tertiary/aromatic N) is 2. The second-order valence-electron chi connectivity index (χ2n) is 6.53. The van der Waals surface area contributed by atoms with Crippen LogP contribution < -0.4 is 9.64 Å². The van der Waals surface area contributed by atoms with E-state index in [1.54, 1.807) is 18.1 Å². The van der Waals surface area contributed by atoms with Crippen molar-refractivity contribution in [2.45, 2.75) is 18.9 Å². The maximum Gasteiger partial charge on any atom is 0.241 e. The Kier molecular flexibility index (Phi) is 6.08. The zero-order valence-electron chi connectivity index (χ0n) is 15.3. The molecule has 2 aromatic rings. The summed E-state index contributed by atoms with van der Waals surface area (Å²) in [6, 6.07) is 18.2. The Morgan fingerprint density at radius 2 is 2.08 bits per heavy atom. The number of amides is 1. The van der Waals surface area contributed by atoms with Gasteiger partial charge in [0.1, 0.15) is 5.75 Å². The van der Waals surface area contributed by atoms with Crippen molar-refractivity contribution in [2.24, 2.45) is 0 Å². The Hall–Kier alpha value is -2.59. The quantitative estimate of drug-likeness (QED) is 0.706. The van der Waals surface area contributed by atoms with Crippen LogP contribution in [0.15, 0.2) is 67.3 Å². The number of methoxy groups -OCH3 is 1. The number of benzene rings is 2. The molecule has 1 unspecified atom stereocenters. The summed E-state index contributed by atoms with van der Waals surface area (Å²) in [5, 5.41) is 0. The van der Waals surface area contributed by atoms with Gasteiger partial charge in [-0.1, -0.05) is 36.4 Å². The van der Waals surface area contributed by atoms with Gasteiger partial charge in [-0.25, -0.2) is 0 Å². The van der Waals surface area contributed by atoms with Gasteiger partial charge in [0.2, 0.25) is 5.91 Å². The fourth-order valence-electron chi connectivity index (χ4n) is 3.59. The Morgan fingerprint density at radius 3 is 2.81 bits per heavy atom. The molecule has 0 radical (unpaired) electrons. The van der Waals surface area contributed by atoms with Gasteiger partial charge in [0.15, 0.2) is 0 Å². The van der Waals surface area contributed by atoms with Gasteiger partial charge in [-0.15, -0.1) is 6.58 Å². The molecule has 1 amide bonds. The van der Waals surface area contributed by atoms with E-state index < -0.39 is 0 Å². The molecule has 3 rings (SSSR count). The van der Waals surface area contributed by atoms with Crippen LogP contribution in [0.25, 0.3) is 0 Å². The second kappa shape index (κ2) is 8.68. The molecule has 1 atom stereocenters. The molecule has 1 fully saturated rings. The molecule has 1 heterocycles. The summed E-state index contributed by atoms with van der Waals surface area (Å²) in [6.07, 6.45) is 3.93. The van der Waals surface area contributed by atoms with Crippen LogP contribution in [0.4, 0.5) is 5.69 Å². The summed E-state index contributed by atoms with van der Waals surface area (Å²) >= 11 is 0. The van der Waals surface area contributed by atoms with Crippen molar-refractivity contribution in [3.8, 4) is 5.75 Å². The first-order chi connectivity index (χ1) is 12.7. The van der Waals surface area contributed by atoms with Crippen LogP contribution in [-0.4, -0.2) is 37.6 Å². The number of carbonyl (C=O) groups excluding carboxylic acids is 1. The molecule has 0 aromatic heterocycles. The lowest BCUT2D eigenvalue weighted by Crippen LogP contribution is -2.40. The summed E-state index contributed by atoms with van der Waals surface area (Å²) in [6.45, 7) is 5.66. The number of likely N-dealkylation sites (tertiary alicyclic amines) is 1. The smallest absolute Gasteiger partial charge is 0.241 e. The largest absolute Gasteiger partial charge is 0.497 e. The van der Waals surface area contributed by atoms with Crippen LogP contribution in [0, 0.1) is 0 Å². The number of para-hydroxylation sites is 1. The van der Waals surface area contributed by atoms with E-state index in [9.17, 15) is 4.79 Å². The molecular weight excluding hydrogens is 324 g/mol. The topological polar surface area (TPSA) is 32.8 Å². The third-order valence-corrected chi connectivity index (χ3v) is 4.86. The number of anilines is 1. The number of ether oxygens (including phenoxy) is 1. The van der Waals surface area contributed by atoms with Crippen LogP contribution in [0.5, 0.6) is 5.75 Å². The molecule has 4 nitrogen and oxygen atoms in total. The molecule has 0 spiro atoms. The molecular formula is C22H26N2O2. The Bertz CT molecular complexity index is 745. The standard InChI is InChI=1S/C22H26N2O2/c1-3-14-24(19-10-5-4-6-11-19)22(25)17-23-15-8-13-21(23)18-9-7-12-20(16-18)26-2/h3-7,9-12,16,21H,1,8,13-15,17H2,2H3. The summed E-state index contributed by atoms with van der Waals surface area (Å²) in [5.41, 5.74) is 2.12. The van der Waals surface area contributed by atoms with Gasteiger partial charge in [0.05, 0.1) is 13.7 Å². The van der Waals surface area contributed by atoms with Crippen LogP contribution >= 0.6 is 0 Å². The lowest BCUT2D eigenvalue weighted by Gasteiger charge is -2.28. The minimum atomic E-state index is 0.103. The van der Waals surface area contributed by atoms with Crippen LogP contribution in [-0.2, 0) is 4.79 Å². The lowest BCUT2D eigenvalue weighted by molar-refractivity contribution is -0.119. The molecule has 0 bridgehead atoms. The van der Waals surface area contributed by atoms with Crippen molar-refractivity contribution in [1.82, 2.24) is 4.90 Å². The fourth-order valence-corrected chi connectivity index (χ4v) is 3.59. The van der Waals surface area contributed by atoms with E-state index >= 15 is 0 Å². The zero-order chi connectivity index (χ0) is 18.4. The minimum Gasteiger partial charge on any atom is -0.497 e. The maximum atomic E-state index is 13.0. The number of rotatable bonds is 7. The molecule has 26 heavy (non-hydrogen) atoms. The normalized spacial score (nSPS) is 17.0. The maximum absolute atomic E-state index is 13.0. The summed E-state index contributed by atoms with van der Waals surface area (Å²) in [7, 11) is 1.68. The molecule has 0 N–H and O–H groups in total. The average molecular weight is 350 g/mol. The first-order valence-corrected chi connectivity index (χ1v) is 9.07. The third-order valence-electron chi connectivity index (χ3n) is 4.86. The van der Waals surface area contributed by atoms with Crippen molar-refractivity contribution in [3.05, 3.63) is 72.8 Å². The van der Waals surface area contributed by atoms with Crippen molar-refractivity contribution in [2.75, 3.05) is 31.6 Å². The Labute approximate surface area is 155 Å². The predicted molar refractivity (Wildman–Crippen MR) is 106 cm³/mol. The van der Waals surface area contributed by atoms with Gasteiger partial charge in [0.25, 0.3) is 0 Å². The van der Waals surface area contributed by atoms with Crippen molar-refractivity contribution >= 4 is 11.6 Å². The Balaban J connectivity index is 1.75. The fraction of sp³-hybridized carbons (Fsp3) is 0.318. The number of hydrogen-bond acceptors (Lipinski definition) is 3. The van der Waals surface area contributed by atoms with Gasteiger partial charge < -0.3 is 9.64 Å². The minimum absolute atomic E-state index is 0.103. The van der Waals surface area contributed by atoms with Crippen LogP contribution in [0.1, 0.15) is 24.4 Å². The van der Waals surface area contributed by atoms with Crippen molar-refractivity contribution in [3.63, 3.8) is 0 Å². The second-order valence-corrected chi connectivity index (χ2v) is 6.53. The monoisotopic (exact) mass is 350 g/mol. The average Bonchev–Trinajstić information content (AvgIpc) is 3.14. The highest BCUT2D eigenvalue weighted by atomic mass is 16.5. The van der Waals surface area contributed by atoms with E-state index in [0.29, 0.717) is 13.1 Å². The summed E-state index contributed by atoms with van der Waals surface area (Å²) in [5.74, 6) is 0.962. The van der Waals surface area contributed by atoms with Gasteiger partial charge >= 0.3 is 0 Å². The van der Waals surface area contributed by atoms with E-state index in [4.69, 9.17) is 4.74 Å². The molecule has 1 aliphatic heterocycles. The van der Waals surface area contributed by atoms with Crippen molar-refractivity contribution in [1.29, 1.82) is 0 Å². The lowest BCUT2D eigenvalue weighted by atomic mass is 10.0. The first-order valence-electron chi connectivity index (χ1n) is 9.07.